The quantitative estimate of drug-likeness (QED) is 0.671. The van der Waals surface area contributed by atoms with Crippen LogP contribution in [0.25, 0.3) is 11.0 Å². The van der Waals surface area contributed by atoms with E-state index in [0.717, 1.165) is 36.4 Å². The van der Waals surface area contributed by atoms with Crippen molar-refractivity contribution in [1.29, 1.82) is 0 Å². The molecule has 3 aromatic rings. The molecule has 0 spiro atoms. The molecule has 0 aliphatic carbocycles. The van der Waals surface area contributed by atoms with Crippen LogP contribution in [0.4, 0.5) is 0 Å². The molecule has 0 aliphatic heterocycles. The Labute approximate surface area is 127 Å². The second-order valence-corrected chi connectivity index (χ2v) is 6.06. The van der Waals surface area contributed by atoms with Gasteiger partial charge in [0, 0.05) is 36.3 Å². The van der Waals surface area contributed by atoms with E-state index < -0.39 is 0 Å². The summed E-state index contributed by atoms with van der Waals surface area (Å²) in [4.78, 5) is 9.21. The van der Waals surface area contributed by atoms with Gasteiger partial charge in [-0.25, -0.2) is 9.97 Å². The average molecular weight is 306 g/mol. The van der Waals surface area contributed by atoms with Crippen LogP contribution in [0.15, 0.2) is 29.6 Å². The maximum absolute atomic E-state index is 5.89. The van der Waals surface area contributed by atoms with Crippen LogP contribution in [-0.2, 0) is 19.4 Å². The molecule has 0 atom stereocenters. The highest BCUT2D eigenvalue weighted by molar-refractivity contribution is 7.09. The number of para-hydroxylation sites is 2. The largest absolute Gasteiger partial charge is 0.328 e. The molecular weight excluding hydrogens is 290 g/mol. The summed E-state index contributed by atoms with van der Waals surface area (Å²) >= 11 is 7.62. The number of hydrogen-bond donors (Lipinski definition) is 0. The Bertz CT molecular complexity index is 717. The van der Waals surface area contributed by atoms with Crippen molar-refractivity contribution in [3.63, 3.8) is 0 Å². The van der Waals surface area contributed by atoms with Crippen molar-refractivity contribution in [1.82, 2.24) is 14.5 Å². The number of fused-ring (bicyclic) bond motifs is 1. The van der Waals surface area contributed by atoms with Crippen molar-refractivity contribution >= 4 is 34.0 Å². The van der Waals surface area contributed by atoms with Crippen LogP contribution in [0.1, 0.15) is 16.5 Å². The zero-order valence-corrected chi connectivity index (χ0v) is 12.9. The normalized spacial score (nSPS) is 11.3. The van der Waals surface area contributed by atoms with Gasteiger partial charge in [0.05, 0.1) is 16.0 Å². The molecule has 0 radical (unpaired) electrons. The number of aromatic nitrogens is 3. The third kappa shape index (κ3) is 2.72. The van der Waals surface area contributed by atoms with Crippen LogP contribution < -0.4 is 0 Å². The molecule has 0 bridgehead atoms. The fraction of sp³-hybridized carbons (Fsp3) is 0.333. The highest BCUT2D eigenvalue weighted by Crippen LogP contribution is 2.18. The van der Waals surface area contributed by atoms with Gasteiger partial charge in [-0.2, -0.15) is 0 Å². The number of halogens is 1. The van der Waals surface area contributed by atoms with Crippen LogP contribution in [0.5, 0.6) is 0 Å². The summed E-state index contributed by atoms with van der Waals surface area (Å²) in [6.07, 6.45) is 1.74. The number of rotatable bonds is 5. The van der Waals surface area contributed by atoms with Gasteiger partial charge < -0.3 is 4.57 Å². The number of hydrogen-bond acceptors (Lipinski definition) is 3. The smallest absolute Gasteiger partial charge is 0.111 e. The molecule has 104 valence electrons. The third-order valence-corrected chi connectivity index (χ3v) is 4.48. The first-order valence-corrected chi connectivity index (χ1v) is 8.10. The third-order valence-electron chi connectivity index (χ3n) is 3.27. The molecule has 0 saturated carbocycles. The monoisotopic (exact) mass is 305 g/mol. The van der Waals surface area contributed by atoms with Crippen LogP contribution >= 0.6 is 22.9 Å². The minimum absolute atomic E-state index is 0.597. The van der Waals surface area contributed by atoms with E-state index in [1.165, 1.54) is 10.5 Å². The lowest BCUT2D eigenvalue weighted by Crippen LogP contribution is -2.07. The number of thiazole rings is 1. The van der Waals surface area contributed by atoms with E-state index in [1.807, 2.05) is 13.0 Å². The summed E-state index contributed by atoms with van der Waals surface area (Å²) in [5.74, 6) is 1.66. The van der Waals surface area contributed by atoms with Crippen molar-refractivity contribution in [2.24, 2.45) is 0 Å². The van der Waals surface area contributed by atoms with E-state index >= 15 is 0 Å². The first-order chi connectivity index (χ1) is 9.78. The Morgan fingerprint density at radius 2 is 2.05 bits per heavy atom. The van der Waals surface area contributed by atoms with E-state index in [9.17, 15) is 0 Å². The predicted octanol–water partition coefficient (Wildman–Crippen LogP) is 3.83. The van der Waals surface area contributed by atoms with Crippen LogP contribution in [0, 0.1) is 6.92 Å². The molecule has 0 fully saturated rings. The van der Waals surface area contributed by atoms with Crippen LogP contribution in [-0.4, -0.2) is 20.4 Å². The van der Waals surface area contributed by atoms with E-state index in [1.54, 1.807) is 11.3 Å². The summed E-state index contributed by atoms with van der Waals surface area (Å²) in [6.45, 7) is 2.94. The maximum Gasteiger partial charge on any atom is 0.111 e. The molecule has 0 amide bonds. The number of imidazole rings is 1. The highest BCUT2D eigenvalue weighted by Gasteiger charge is 2.10. The molecule has 2 heterocycles. The molecule has 2 aromatic heterocycles. The molecule has 0 unspecified atom stereocenters. The minimum Gasteiger partial charge on any atom is -0.328 e. The lowest BCUT2D eigenvalue weighted by molar-refractivity contribution is 0.672. The summed E-state index contributed by atoms with van der Waals surface area (Å²) in [5, 5.41) is 3.28. The van der Waals surface area contributed by atoms with Crippen molar-refractivity contribution in [2.75, 3.05) is 5.88 Å². The standard InChI is InChI=1S/C15H16ClN3S/c1-11-10-20-15(17-11)7-9-19-13-5-3-2-4-12(13)18-14(19)6-8-16/h2-5,10H,6-9H2,1H3. The fourth-order valence-corrected chi connectivity index (χ4v) is 3.31. The Morgan fingerprint density at radius 1 is 1.20 bits per heavy atom. The SMILES string of the molecule is Cc1csc(CCn2c(CCCl)nc3ccccc32)n1. The van der Waals surface area contributed by atoms with Gasteiger partial charge in [0.2, 0.25) is 0 Å². The van der Waals surface area contributed by atoms with E-state index in [4.69, 9.17) is 11.6 Å². The number of aryl methyl sites for hydroxylation is 4. The predicted molar refractivity (Wildman–Crippen MR) is 84.7 cm³/mol. The maximum atomic E-state index is 5.89. The molecule has 0 saturated heterocycles. The second kappa shape index (κ2) is 5.94. The summed E-state index contributed by atoms with van der Waals surface area (Å²) in [7, 11) is 0. The first-order valence-electron chi connectivity index (χ1n) is 6.69. The molecule has 3 nitrogen and oxygen atoms in total. The van der Waals surface area contributed by atoms with Crippen molar-refractivity contribution in [3.8, 4) is 0 Å². The van der Waals surface area contributed by atoms with Crippen molar-refractivity contribution in [2.45, 2.75) is 26.3 Å². The van der Waals surface area contributed by atoms with Gasteiger partial charge in [0.15, 0.2) is 0 Å². The zero-order chi connectivity index (χ0) is 13.9. The zero-order valence-electron chi connectivity index (χ0n) is 11.3. The van der Waals surface area contributed by atoms with Gasteiger partial charge in [-0.3, -0.25) is 0 Å². The number of alkyl halides is 1. The second-order valence-electron chi connectivity index (χ2n) is 4.74. The Kier molecular flexibility index (Phi) is 4.03. The summed E-state index contributed by atoms with van der Waals surface area (Å²) < 4.78 is 2.27. The van der Waals surface area contributed by atoms with Crippen molar-refractivity contribution < 1.29 is 0 Å². The minimum atomic E-state index is 0.597. The van der Waals surface area contributed by atoms with Gasteiger partial charge >= 0.3 is 0 Å². The van der Waals surface area contributed by atoms with E-state index in [0.29, 0.717) is 5.88 Å². The summed E-state index contributed by atoms with van der Waals surface area (Å²) in [6, 6.07) is 8.25. The van der Waals surface area contributed by atoms with Gasteiger partial charge in [-0.05, 0) is 19.1 Å². The number of nitrogens with zero attached hydrogens (tertiary/aromatic N) is 3. The topological polar surface area (TPSA) is 30.7 Å². The number of benzene rings is 1. The molecule has 1 aromatic carbocycles. The molecule has 20 heavy (non-hydrogen) atoms. The molecule has 5 heteroatoms. The molecule has 0 N–H and O–H groups in total. The highest BCUT2D eigenvalue weighted by atomic mass is 35.5. The first kappa shape index (κ1) is 13.6. The Hall–Kier alpha value is -1.39. The van der Waals surface area contributed by atoms with E-state index in [2.05, 4.69) is 38.1 Å². The van der Waals surface area contributed by atoms with Crippen molar-refractivity contribution in [3.05, 3.63) is 46.2 Å². The average Bonchev–Trinajstić information content (AvgIpc) is 3.00. The Morgan fingerprint density at radius 3 is 2.80 bits per heavy atom. The lowest BCUT2D eigenvalue weighted by atomic mass is 10.3. The summed E-state index contributed by atoms with van der Waals surface area (Å²) in [5.41, 5.74) is 3.32. The Balaban J connectivity index is 1.90. The van der Waals surface area contributed by atoms with Gasteiger partial charge in [-0.1, -0.05) is 12.1 Å². The molecule has 3 rings (SSSR count). The van der Waals surface area contributed by atoms with E-state index in [-0.39, 0.29) is 0 Å². The lowest BCUT2D eigenvalue weighted by Gasteiger charge is -2.07. The van der Waals surface area contributed by atoms with Crippen LogP contribution in [0.3, 0.4) is 0 Å². The van der Waals surface area contributed by atoms with Gasteiger partial charge in [-0.15, -0.1) is 22.9 Å². The van der Waals surface area contributed by atoms with Crippen LogP contribution in [0.2, 0.25) is 0 Å². The van der Waals surface area contributed by atoms with Gasteiger partial charge in [0.1, 0.15) is 5.82 Å². The molecule has 0 aliphatic rings. The van der Waals surface area contributed by atoms with Gasteiger partial charge in [0.25, 0.3) is 0 Å². The molecular formula is C15H16ClN3S. The fourth-order valence-electron chi connectivity index (χ4n) is 2.38.